The summed E-state index contributed by atoms with van der Waals surface area (Å²) >= 11 is 0. The van der Waals surface area contributed by atoms with Crippen LogP contribution in [0, 0.1) is 28.9 Å². The summed E-state index contributed by atoms with van der Waals surface area (Å²) < 4.78 is 27.1. The molecular weight excluding hydrogens is 250 g/mol. The molecule has 0 heterocycles. The van der Waals surface area contributed by atoms with Gasteiger partial charge in [-0.3, -0.25) is 0 Å². The van der Waals surface area contributed by atoms with E-state index < -0.39 is 11.6 Å². The second-order valence-electron chi connectivity index (χ2n) is 4.97. The Morgan fingerprint density at radius 1 is 1.32 bits per heavy atom. The molecule has 0 saturated heterocycles. The predicted molar refractivity (Wildman–Crippen MR) is 67.5 cm³/mol. The van der Waals surface area contributed by atoms with Gasteiger partial charge in [-0.15, -0.1) is 0 Å². The quantitative estimate of drug-likeness (QED) is 0.884. The number of anilines is 1. The maximum atomic E-state index is 13.6. The van der Waals surface area contributed by atoms with Gasteiger partial charge < -0.3 is 10.4 Å². The Hall–Kier alpha value is -1.67. The molecule has 2 rings (SSSR count). The Morgan fingerprint density at radius 3 is 2.79 bits per heavy atom. The Kier molecular flexibility index (Phi) is 4.33. The van der Waals surface area contributed by atoms with Crippen LogP contribution < -0.4 is 5.32 Å². The number of aliphatic hydroxyl groups is 1. The van der Waals surface area contributed by atoms with E-state index in [4.69, 9.17) is 5.26 Å². The smallest absolute Gasteiger partial charge is 0.183 e. The molecule has 102 valence electrons. The first-order chi connectivity index (χ1) is 9.11. The van der Waals surface area contributed by atoms with Crippen LogP contribution in [0.5, 0.6) is 0 Å². The molecule has 2 atom stereocenters. The van der Waals surface area contributed by atoms with Crippen LogP contribution in [0.15, 0.2) is 12.1 Å². The van der Waals surface area contributed by atoms with Crippen molar-refractivity contribution < 1.29 is 13.9 Å². The third-order valence-corrected chi connectivity index (χ3v) is 3.54. The Bertz CT molecular complexity index is 499. The summed E-state index contributed by atoms with van der Waals surface area (Å²) in [6, 6.07) is 4.23. The van der Waals surface area contributed by atoms with Gasteiger partial charge in [-0.25, -0.2) is 8.78 Å². The molecule has 19 heavy (non-hydrogen) atoms. The van der Waals surface area contributed by atoms with E-state index in [1.165, 1.54) is 12.1 Å². The minimum absolute atomic E-state index is 0.0663. The van der Waals surface area contributed by atoms with Gasteiger partial charge in [0.25, 0.3) is 0 Å². The highest BCUT2D eigenvalue weighted by atomic mass is 19.2. The number of benzene rings is 1. The van der Waals surface area contributed by atoms with Crippen molar-refractivity contribution in [1.82, 2.24) is 0 Å². The van der Waals surface area contributed by atoms with Gasteiger partial charge in [-0.05, 0) is 37.3 Å². The van der Waals surface area contributed by atoms with Crippen LogP contribution in [0.2, 0.25) is 0 Å². The van der Waals surface area contributed by atoms with Crippen molar-refractivity contribution in [3.63, 3.8) is 0 Å². The summed E-state index contributed by atoms with van der Waals surface area (Å²) in [6.07, 6.45) is 3.15. The molecule has 0 bridgehead atoms. The molecule has 0 aromatic heterocycles. The van der Waals surface area contributed by atoms with E-state index in [9.17, 15) is 13.9 Å². The van der Waals surface area contributed by atoms with E-state index in [0.717, 1.165) is 19.3 Å². The summed E-state index contributed by atoms with van der Waals surface area (Å²) in [4.78, 5) is 0. The third kappa shape index (κ3) is 3.21. The monoisotopic (exact) mass is 266 g/mol. The normalized spacial score (nSPS) is 22.8. The Balaban J connectivity index is 2.00. The van der Waals surface area contributed by atoms with Crippen LogP contribution in [0.4, 0.5) is 14.5 Å². The lowest BCUT2D eigenvalue weighted by molar-refractivity contribution is 0.104. The molecule has 0 aliphatic heterocycles. The lowest BCUT2D eigenvalue weighted by Crippen LogP contribution is -2.25. The first-order valence-electron chi connectivity index (χ1n) is 6.42. The molecule has 5 heteroatoms. The SMILES string of the molecule is N#Cc1ccc(NCC2CCCC(O)C2)c(F)c1F. The third-order valence-electron chi connectivity index (χ3n) is 3.54. The number of nitrogens with zero attached hydrogens (tertiary/aromatic N) is 1. The molecular formula is C14H16F2N2O. The maximum Gasteiger partial charge on any atom is 0.183 e. The fourth-order valence-corrected chi connectivity index (χ4v) is 2.47. The summed E-state index contributed by atoms with van der Waals surface area (Å²) in [5.41, 5.74) is -0.229. The number of nitrogens with one attached hydrogen (secondary N) is 1. The molecule has 1 fully saturated rings. The first-order valence-corrected chi connectivity index (χ1v) is 6.42. The second kappa shape index (κ2) is 5.98. The number of halogens is 2. The first kappa shape index (κ1) is 13.8. The average Bonchev–Trinajstić information content (AvgIpc) is 2.41. The predicted octanol–water partition coefficient (Wildman–Crippen LogP) is 2.80. The van der Waals surface area contributed by atoms with Gasteiger partial charge in [-0.1, -0.05) is 6.42 Å². The lowest BCUT2D eigenvalue weighted by atomic mass is 9.87. The van der Waals surface area contributed by atoms with Gasteiger partial charge >= 0.3 is 0 Å². The largest absolute Gasteiger partial charge is 0.393 e. The average molecular weight is 266 g/mol. The summed E-state index contributed by atoms with van der Waals surface area (Å²) in [6.45, 7) is 0.499. The minimum Gasteiger partial charge on any atom is -0.393 e. The van der Waals surface area contributed by atoms with Crippen molar-refractivity contribution in [2.75, 3.05) is 11.9 Å². The zero-order valence-electron chi connectivity index (χ0n) is 10.5. The van der Waals surface area contributed by atoms with Crippen LogP contribution in [0.25, 0.3) is 0 Å². The fourth-order valence-electron chi connectivity index (χ4n) is 2.47. The van der Waals surface area contributed by atoms with E-state index >= 15 is 0 Å². The van der Waals surface area contributed by atoms with Crippen molar-refractivity contribution >= 4 is 5.69 Å². The number of aliphatic hydroxyl groups excluding tert-OH is 1. The van der Waals surface area contributed by atoms with Crippen LogP contribution in [0.1, 0.15) is 31.2 Å². The maximum absolute atomic E-state index is 13.6. The van der Waals surface area contributed by atoms with Crippen LogP contribution >= 0.6 is 0 Å². The van der Waals surface area contributed by atoms with E-state index in [0.29, 0.717) is 13.0 Å². The van der Waals surface area contributed by atoms with Gasteiger partial charge in [0, 0.05) is 6.54 Å². The molecule has 2 unspecified atom stereocenters. The number of rotatable bonds is 3. The zero-order valence-corrected chi connectivity index (χ0v) is 10.5. The summed E-state index contributed by atoms with van der Waals surface area (Å²) in [5.74, 6) is -1.87. The van der Waals surface area contributed by atoms with E-state index in [1.807, 2.05) is 0 Å². The van der Waals surface area contributed by atoms with Crippen molar-refractivity contribution in [3.05, 3.63) is 29.3 Å². The van der Waals surface area contributed by atoms with Crippen molar-refractivity contribution in [2.45, 2.75) is 31.8 Å². The van der Waals surface area contributed by atoms with E-state index in [1.54, 1.807) is 6.07 Å². The molecule has 0 spiro atoms. The number of hydrogen-bond donors (Lipinski definition) is 2. The second-order valence-corrected chi connectivity index (χ2v) is 4.97. The van der Waals surface area contributed by atoms with Crippen LogP contribution in [0.3, 0.4) is 0 Å². The van der Waals surface area contributed by atoms with E-state index in [-0.39, 0.29) is 23.3 Å². The van der Waals surface area contributed by atoms with E-state index in [2.05, 4.69) is 5.32 Å². The minimum atomic E-state index is -1.11. The summed E-state index contributed by atoms with van der Waals surface area (Å²) in [7, 11) is 0. The topological polar surface area (TPSA) is 56.0 Å². The fraction of sp³-hybridized carbons (Fsp3) is 0.500. The van der Waals surface area contributed by atoms with Gasteiger partial charge in [0.15, 0.2) is 11.6 Å². The van der Waals surface area contributed by atoms with Gasteiger partial charge in [0.2, 0.25) is 0 Å². The van der Waals surface area contributed by atoms with Crippen LogP contribution in [-0.4, -0.2) is 17.8 Å². The van der Waals surface area contributed by atoms with Crippen molar-refractivity contribution in [3.8, 4) is 6.07 Å². The molecule has 0 radical (unpaired) electrons. The van der Waals surface area contributed by atoms with Crippen LogP contribution in [-0.2, 0) is 0 Å². The Labute approximate surface area is 110 Å². The molecule has 1 aromatic carbocycles. The van der Waals surface area contributed by atoms with Gasteiger partial charge in [-0.2, -0.15) is 5.26 Å². The highest BCUT2D eigenvalue weighted by Crippen LogP contribution is 2.26. The molecule has 0 amide bonds. The number of hydrogen-bond acceptors (Lipinski definition) is 3. The highest BCUT2D eigenvalue weighted by Gasteiger charge is 2.20. The molecule has 1 aliphatic carbocycles. The summed E-state index contributed by atoms with van der Waals surface area (Å²) in [5, 5.41) is 21.0. The zero-order chi connectivity index (χ0) is 13.8. The molecule has 2 N–H and O–H groups in total. The molecule has 1 saturated carbocycles. The van der Waals surface area contributed by atoms with Crippen molar-refractivity contribution in [1.29, 1.82) is 5.26 Å². The molecule has 3 nitrogen and oxygen atoms in total. The standard InChI is InChI=1S/C14H16F2N2O/c15-13-10(7-17)4-5-12(14(13)16)18-8-9-2-1-3-11(19)6-9/h4-5,9,11,18-19H,1-3,6,8H2. The molecule has 1 aromatic rings. The van der Waals surface area contributed by atoms with Gasteiger partial charge in [0.1, 0.15) is 6.07 Å². The lowest BCUT2D eigenvalue weighted by Gasteiger charge is -2.26. The highest BCUT2D eigenvalue weighted by molar-refractivity contribution is 5.49. The van der Waals surface area contributed by atoms with Gasteiger partial charge in [0.05, 0.1) is 17.4 Å². The number of nitriles is 1. The van der Waals surface area contributed by atoms with Crippen molar-refractivity contribution in [2.24, 2.45) is 5.92 Å². The molecule has 1 aliphatic rings. The Morgan fingerprint density at radius 2 is 2.11 bits per heavy atom.